The number of nitrogens with one attached hydrogen (secondary N) is 1. The van der Waals surface area contributed by atoms with Gasteiger partial charge in [0.15, 0.2) is 6.54 Å². The van der Waals surface area contributed by atoms with E-state index in [-0.39, 0.29) is 11.8 Å². The Morgan fingerprint density at radius 1 is 0.929 bits per heavy atom. The molecule has 0 aliphatic carbocycles. The summed E-state index contributed by atoms with van der Waals surface area (Å²) in [5, 5.41) is 0. The van der Waals surface area contributed by atoms with Crippen LogP contribution in [0.15, 0.2) is 18.2 Å². The van der Waals surface area contributed by atoms with Crippen LogP contribution in [0.25, 0.3) is 0 Å². The van der Waals surface area contributed by atoms with Gasteiger partial charge in [0.05, 0.1) is 32.7 Å². The van der Waals surface area contributed by atoms with Crippen LogP contribution in [0.4, 0.5) is 5.69 Å². The number of nitrogens with zero attached hydrogens (tertiary/aromatic N) is 3. The summed E-state index contributed by atoms with van der Waals surface area (Å²) in [4.78, 5) is 32.8. The molecule has 0 atom stereocenters. The first-order valence-electron chi connectivity index (χ1n) is 10.8. The van der Waals surface area contributed by atoms with Crippen LogP contribution in [-0.2, 0) is 16.0 Å². The predicted octanol–water partition coefficient (Wildman–Crippen LogP) is 0.0971. The first kappa shape index (κ1) is 19.2. The summed E-state index contributed by atoms with van der Waals surface area (Å²) in [6, 6.07) is 6.57. The molecule has 0 spiro atoms. The third-order valence-electron chi connectivity index (χ3n) is 6.46. The highest BCUT2D eigenvalue weighted by Crippen LogP contribution is 2.27. The molecule has 2 amide bonds. The highest BCUT2D eigenvalue weighted by atomic mass is 16.2. The summed E-state index contributed by atoms with van der Waals surface area (Å²) in [5.41, 5.74) is 3.88. The minimum atomic E-state index is 0.221. The van der Waals surface area contributed by atoms with E-state index in [0.717, 1.165) is 71.5 Å². The van der Waals surface area contributed by atoms with Gasteiger partial charge in [-0.15, -0.1) is 0 Å². The fourth-order valence-electron chi connectivity index (χ4n) is 4.77. The lowest BCUT2D eigenvalue weighted by molar-refractivity contribution is -0.896. The molecule has 28 heavy (non-hydrogen) atoms. The van der Waals surface area contributed by atoms with E-state index in [9.17, 15) is 9.59 Å². The normalized spacial score (nSPS) is 20.4. The zero-order valence-corrected chi connectivity index (χ0v) is 17.1. The average molecular weight is 386 g/mol. The monoisotopic (exact) mass is 385 g/mol. The number of quaternary nitrogens is 1. The molecule has 3 aliphatic heterocycles. The van der Waals surface area contributed by atoms with E-state index in [1.54, 1.807) is 0 Å². The van der Waals surface area contributed by atoms with Crippen molar-refractivity contribution >= 4 is 17.5 Å². The number of aryl methyl sites for hydroxylation is 2. The van der Waals surface area contributed by atoms with Gasteiger partial charge in [-0.2, -0.15) is 0 Å². The second kappa shape index (κ2) is 8.52. The molecule has 1 N–H and O–H groups in total. The lowest BCUT2D eigenvalue weighted by Crippen LogP contribution is -3.15. The molecule has 2 saturated heterocycles. The highest BCUT2D eigenvalue weighted by molar-refractivity contribution is 5.82. The van der Waals surface area contributed by atoms with Gasteiger partial charge >= 0.3 is 0 Å². The molecule has 0 aromatic heterocycles. The van der Waals surface area contributed by atoms with E-state index in [1.807, 2.05) is 9.80 Å². The molecule has 6 heteroatoms. The lowest BCUT2D eigenvalue weighted by atomic mass is 9.99. The van der Waals surface area contributed by atoms with Crippen LogP contribution in [0.3, 0.4) is 0 Å². The Morgan fingerprint density at radius 2 is 1.64 bits per heavy atom. The largest absolute Gasteiger partial charge is 0.362 e. The van der Waals surface area contributed by atoms with Gasteiger partial charge in [0.25, 0.3) is 5.91 Å². The van der Waals surface area contributed by atoms with E-state index in [1.165, 1.54) is 21.7 Å². The van der Waals surface area contributed by atoms with Crippen molar-refractivity contribution in [1.82, 2.24) is 9.80 Å². The molecule has 0 radical (unpaired) electrons. The molecule has 152 valence electrons. The lowest BCUT2D eigenvalue weighted by Gasteiger charge is -2.36. The number of hydrogen-bond acceptors (Lipinski definition) is 3. The van der Waals surface area contributed by atoms with Crippen molar-refractivity contribution in [2.75, 3.05) is 63.8 Å². The first-order valence-corrected chi connectivity index (χ1v) is 10.8. The van der Waals surface area contributed by atoms with Crippen molar-refractivity contribution in [1.29, 1.82) is 0 Å². The molecule has 0 bridgehead atoms. The number of anilines is 1. The second-order valence-electron chi connectivity index (χ2n) is 8.55. The molecular weight excluding hydrogens is 352 g/mol. The van der Waals surface area contributed by atoms with Gasteiger partial charge in [-0.1, -0.05) is 17.7 Å². The van der Waals surface area contributed by atoms with Crippen LogP contribution >= 0.6 is 0 Å². The summed E-state index contributed by atoms with van der Waals surface area (Å²) in [6.07, 6.45) is 4.50. The zero-order chi connectivity index (χ0) is 19.5. The maximum absolute atomic E-state index is 12.9. The maximum atomic E-state index is 12.9. The topological polar surface area (TPSA) is 48.3 Å². The standard InChI is InChI=1S/C22H32N4O2/c1-18-6-7-20-19(15-18)5-4-10-26(20)17-22(28)25-13-11-23(12-14-25)16-21(27)24-8-2-3-9-24/h6-7,15H,2-5,8-14,16-17H2,1H3/p+1. The molecule has 6 nitrogen and oxygen atoms in total. The van der Waals surface area contributed by atoms with Crippen molar-refractivity contribution < 1.29 is 14.5 Å². The van der Waals surface area contributed by atoms with E-state index < -0.39 is 0 Å². The Hall–Kier alpha value is -2.08. The maximum Gasteiger partial charge on any atom is 0.277 e. The average Bonchev–Trinajstić information content (AvgIpc) is 3.23. The van der Waals surface area contributed by atoms with Crippen LogP contribution < -0.4 is 9.80 Å². The number of fused-ring (bicyclic) bond motifs is 1. The second-order valence-corrected chi connectivity index (χ2v) is 8.55. The van der Waals surface area contributed by atoms with Crippen LogP contribution in [0.1, 0.15) is 30.4 Å². The molecule has 1 aromatic rings. The third kappa shape index (κ3) is 4.32. The number of carbonyl (C=O) groups excluding carboxylic acids is 2. The van der Waals surface area contributed by atoms with Crippen molar-refractivity contribution in [3.63, 3.8) is 0 Å². The van der Waals surface area contributed by atoms with E-state index in [2.05, 4.69) is 30.0 Å². The van der Waals surface area contributed by atoms with Crippen molar-refractivity contribution in [2.24, 2.45) is 0 Å². The number of amides is 2. The first-order chi connectivity index (χ1) is 13.6. The van der Waals surface area contributed by atoms with E-state index >= 15 is 0 Å². The highest BCUT2D eigenvalue weighted by Gasteiger charge is 2.29. The van der Waals surface area contributed by atoms with Gasteiger partial charge in [0.2, 0.25) is 5.91 Å². The van der Waals surface area contributed by atoms with E-state index in [0.29, 0.717) is 13.1 Å². The minimum Gasteiger partial charge on any atom is -0.362 e. The van der Waals surface area contributed by atoms with Crippen molar-refractivity contribution in [3.05, 3.63) is 29.3 Å². The molecule has 2 fully saturated rings. The van der Waals surface area contributed by atoms with Crippen molar-refractivity contribution in [2.45, 2.75) is 32.6 Å². The smallest absolute Gasteiger partial charge is 0.277 e. The summed E-state index contributed by atoms with van der Waals surface area (Å²) < 4.78 is 0. The molecule has 1 aromatic carbocycles. The Kier molecular flexibility index (Phi) is 5.85. The number of benzene rings is 1. The molecule has 3 aliphatic rings. The summed E-state index contributed by atoms with van der Waals surface area (Å²) >= 11 is 0. The fraction of sp³-hybridized carbons (Fsp3) is 0.636. The molecule has 0 saturated carbocycles. The number of hydrogen-bond donors (Lipinski definition) is 1. The van der Waals surface area contributed by atoms with Gasteiger partial charge in [-0.05, 0) is 44.2 Å². The molecular formula is C22H33N4O2+. The zero-order valence-electron chi connectivity index (χ0n) is 17.1. The summed E-state index contributed by atoms with van der Waals surface area (Å²) in [5.74, 6) is 0.505. The van der Waals surface area contributed by atoms with Crippen LogP contribution in [0.5, 0.6) is 0 Å². The Balaban J connectivity index is 1.27. The van der Waals surface area contributed by atoms with Crippen molar-refractivity contribution in [3.8, 4) is 0 Å². The number of rotatable bonds is 4. The van der Waals surface area contributed by atoms with Crippen LogP contribution in [-0.4, -0.2) is 80.5 Å². The number of likely N-dealkylation sites (tertiary alicyclic amines) is 1. The van der Waals surface area contributed by atoms with Gasteiger partial charge in [-0.25, -0.2) is 0 Å². The number of carbonyl (C=O) groups is 2. The van der Waals surface area contributed by atoms with Gasteiger partial charge in [-0.3, -0.25) is 9.59 Å². The third-order valence-corrected chi connectivity index (χ3v) is 6.46. The van der Waals surface area contributed by atoms with Crippen LogP contribution in [0, 0.1) is 6.92 Å². The van der Waals surface area contributed by atoms with Gasteiger partial charge in [0.1, 0.15) is 0 Å². The SMILES string of the molecule is Cc1ccc2c(c1)CCCN2CC(=O)N1CC[NH+](CC(=O)N2CCCC2)CC1. The summed E-state index contributed by atoms with van der Waals surface area (Å²) in [7, 11) is 0. The number of piperazine rings is 1. The fourth-order valence-corrected chi connectivity index (χ4v) is 4.77. The molecule has 0 unspecified atom stereocenters. The molecule has 4 rings (SSSR count). The minimum absolute atomic E-state index is 0.221. The quantitative estimate of drug-likeness (QED) is 0.800. The Morgan fingerprint density at radius 3 is 2.39 bits per heavy atom. The predicted molar refractivity (Wildman–Crippen MR) is 110 cm³/mol. The summed E-state index contributed by atoms with van der Waals surface area (Å²) in [6.45, 7) is 9.26. The van der Waals surface area contributed by atoms with Gasteiger partial charge in [0, 0.05) is 25.3 Å². The Labute approximate surface area is 168 Å². The Bertz CT molecular complexity index is 721. The van der Waals surface area contributed by atoms with E-state index in [4.69, 9.17) is 0 Å². The molecule has 3 heterocycles. The van der Waals surface area contributed by atoms with Gasteiger partial charge < -0.3 is 19.6 Å². The van der Waals surface area contributed by atoms with Crippen LogP contribution in [0.2, 0.25) is 0 Å².